The van der Waals surface area contributed by atoms with E-state index in [1.54, 1.807) is 11.8 Å². The van der Waals surface area contributed by atoms with Gasteiger partial charge in [0.1, 0.15) is 0 Å². The summed E-state index contributed by atoms with van der Waals surface area (Å²) in [6, 6.07) is 23.8. The first-order chi connectivity index (χ1) is 12.1. The summed E-state index contributed by atoms with van der Waals surface area (Å²) in [7, 11) is 0. The highest BCUT2D eigenvalue weighted by Crippen LogP contribution is 2.23. The Bertz CT molecular complexity index is 843. The fraction of sp³-hybridized carbons (Fsp3) is 0.0952. The van der Waals surface area contributed by atoms with Crippen molar-refractivity contribution in [1.82, 2.24) is 0 Å². The molecule has 2 nitrogen and oxygen atoms in total. The van der Waals surface area contributed by atoms with Gasteiger partial charge in [0.05, 0.1) is 0 Å². The minimum Gasteiger partial charge on any atom is -0.322 e. The Kier molecular flexibility index (Phi) is 5.95. The quantitative estimate of drug-likeness (QED) is 0.498. The number of carbonyl (C=O) groups is 1. The second-order valence-corrected chi connectivity index (χ2v) is 7.72. The molecule has 0 bridgehead atoms. The molecular formula is C21H18BrNOS. The zero-order valence-corrected chi connectivity index (χ0v) is 16.2. The molecule has 0 aliphatic carbocycles. The average Bonchev–Trinajstić information content (AvgIpc) is 2.63. The molecule has 0 saturated heterocycles. The number of thioether (sulfide) groups is 1. The van der Waals surface area contributed by atoms with Crippen molar-refractivity contribution in [3.8, 4) is 0 Å². The zero-order valence-electron chi connectivity index (χ0n) is 13.8. The third-order valence-corrected chi connectivity index (χ3v) is 5.36. The van der Waals surface area contributed by atoms with Crippen LogP contribution in [0.25, 0.3) is 0 Å². The van der Waals surface area contributed by atoms with Crippen LogP contribution in [0, 0.1) is 6.92 Å². The fourth-order valence-corrected chi connectivity index (χ4v) is 3.41. The maximum absolute atomic E-state index is 12.3. The van der Waals surface area contributed by atoms with Crippen molar-refractivity contribution in [2.75, 3.05) is 5.32 Å². The van der Waals surface area contributed by atoms with Gasteiger partial charge in [0, 0.05) is 26.4 Å². The second-order valence-electron chi connectivity index (χ2n) is 5.76. The summed E-state index contributed by atoms with van der Waals surface area (Å²) in [6.45, 7) is 2.09. The van der Waals surface area contributed by atoms with Crippen molar-refractivity contribution in [2.45, 2.75) is 17.6 Å². The maximum Gasteiger partial charge on any atom is 0.255 e. The van der Waals surface area contributed by atoms with Crippen molar-refractivity contribution in [3.05, 3.63) is 94.0 Å². The molecule has 0 aliphatic heterocycles. The number of rotatable bonds is 5. The van der Waals surface area contributed by atoms with Crippen LogP contribution >= 0.6 is 27.7 Å². The first kappa shape index (κ1) is 17.8. The Labute approximate surface area is 160 Å². The van der Waals surface area contributed by atoms with Crippen LogP contribution in [-0.4, -0.2) is 5.91 Å². The molecule has 0 atom stereocenters. The predicted molar refractivity (Wildman–Crippen MR) is 109 cm³/mol. The van der Waals surface area contributed by atoms with Gasteiger partial charge in [-0.15, -0.1) is 11.8 Å². The lowest BCUT2D eigenvalue weighted by atomic mass is 10.1. The van der Waals surface area contributed by atoms with E-state index in [1.165, 1.54) is 16.0 Å². The van der Waals surface area contributed by atoms with E-state index in [4.69, 9.17) is 0 Å². The molecule has 0 unspecified atom stereocenters. The predicted octanol–water partition coefficient (Wildman–Crippen LogP) is 6.30. The Morgan fingerprint density at radius 1 is 0.920 bits per heavy atom. The highest BCUT2D eigenvalue weighted by molar-refractivity contribution is 9.10. The first-order valence-corrected chi connectivity index (χ1v) is 9.73. The van der Waals surface area contributed by atoms with Gasteiger partial charge in [0.25, 0.3) is 5.91 Å². The minimum atomic E-state index is -0.0972. The highest BCUT2D eigenvalue weighted by atomic mass is 79.9. The first-order valence-electron chi connectivity index (χ1n) is 7.95. The molecule has 126 valence electrons. The second kappa shape index (κ2) is 8.37. The van der Waals surface area contributed by atoms with Crippen LogP contribution in [0.2, 0.25) is 0 Å². The highest BCUT2D eigenvalue weighted by Gasteiger charge is 2.06. The van der Waals surface area contributed by atoms with Gasteiger partial charge in [-0.3, -0.25) is 4.79 Å². The number of hydrogen-bond donors (Lipinski definition) is 1. The molecule has 0 spiro atoms. The molecular weight excluding hydrogens is 394 g/mol. The summed E-state index contributed by atoms with van der Waals surface area (Å²) in [5, 5.41) is 2.90. The Balaban J connectivity index is 1.58. The molecule has 4 heteroatoms. The van der Waals surface area contributed by atoms with E-state index in [0.717, 1.165) is 15.9 Å². The largest absolute Gasteiger partial charge is 0.322 e. The van der Waals surface area contributed by atoms with Gasteiger partial charge in [-0.25, -0.2) is 0 Å². The number of amides is 1. The molecule has 0 radical (unpaired) electrons. The van der Waals surface area contributed by atoms with Crippen molar-refractivity contribution in [1.29, 1.82) is 0 Å². The van der Waals surface area contributed by atoms with Crippen LogP contribution in [0.15, 0.2) is 82.2 Å². The van der Waals surface area contributed by atoms with E-state index < -0.39 is 0 Å². The summed E-state index contributed by atoms with van der Waals surface area (Å²) < 4.78 is 0.987. The van der Waals surface area contributed by atoms with Gasteiger partial charge in [0.15, 0.2) is 0 Å². The normalized spacial score (nSPS) is 10.5. The number of benzene rings is 3. The van der Waals surface area contributed by atoms with E-state index in [9.17, 15) is 4.79 Å². The molecule has 0 aliphatic rings. The van der Waals surface area contributed by atoms with Crippen molar-refractivity contribution >= 4 is 39.3 Å². The number of anilines is 1. The zero-order chi connectivity index (χ0) is 17.6. The van der Waals surface area contributed by atoms with E-state index >= 15 is 0 Å². The molecule has 0 heterocycles. The Morgan fingerprint density at radius 2 is 1.56 bits per heavy atom. The van der Waals surface area contributed by atoms with Crippen LogP contribution in [-0.2, 0) is 5.75 Å². The topological polar surface area (TPSA) is 29.1 Å². The molecule has 1 N–H and O–H groups in total. The number of halogens is 1. The Morgan fingerprint density at radius 3 is 2.20 bits per heavy atom. The van der Waals surface area contributed by atoms with Crippen LogP contribution in [0.3, 0.4) is 0 Å². The third-order valence-electron chi connectivity index (χ3n) is 3.74. The van der Waals surface area contributed by atoms with Crippen LogP contribution in [0.5, 0.6) is 0 Å². The van der Waals surface area contributed by atoms with Crippen LogP contribution < -0.4 is 5.32 Å². The van der Waals surface area contributed by atoms with E-state index in [2.05, 4.69) is 52.4 Å². The number of carbonyl (C=O) groups excluding carboxylic acids is 1. The average molecular weight is 412 g/mol. The summed E-state index contributed by atoms with van der Waals surface area (Å²) in [6.07, 6.45) is 0. The van der Waals surface area contributed by atoms with Gasteiger partial charge < -0.3 is 5.32 Å². The molecule has 3 aromatic rings. The van der Waals surface area contributed by atoms with Gasteiger partial charge in [-0.1, -0.05) is 45.8 Å². The van der Waals surface area contributed by atoms with E-state index in [-0.39, 0.29) is 5.91 Å². The summed E-state index contributed by atoms with van der Waals surface area (Å²) in [5.74, 6) is 0.789. The molecule has 3 aromatic carbocycles. The number of nitrogens with one attached hydrogen (secondary N) is 1. The standard InChI is InChI=1S/C21H18BrNOS/c1-15-2-12-20(13-3-15)25-14-16-4-6-17(7-5-16)21(24)23-19-10-8-18(22)9-11-19/h2-13H,14H2,1H3,(H,23,24). The third kappa shape index (κ3) is 5.21. The summed E-state index contributed by atoms with van der Waals surface area (Å²) in [5.41, 5.74) is 3.91. The number of aryl methyl sites for hydroxylation is 1. The lowest BCUT2D eigenvalue weighted by molar-refractivity contribution is 0.102. The molecule has 0 saturated carbocycles. The molecule has 0 fully saturated rings. The SMILES string of the molecule is Cc1ccc(SCc2ccc(C(=O)Nc3ccc(Br)cc3)cc2)cc1. The van der Waals surface area contributed by atoms with E-state index in [0.29, 0.717) is 5.56 Å². The Hall–Kier alpha value is -2.04. The number of hydrogen-bond acceptors (Lipinski definition) is 2. The minimum absolute atomic E-state index is 0.0972. The summed E-state index contributed by atoms with van der Waals surface area (Å²) in [4.78, 5) is 13.5. The van der Waals surface area contributed by atoms with Crippen molar-refractivity contribution in [2.24, 2.45) is 0 Å². The van der Waals surface area contributed by atoms with Gasteiger partial charge in [0.2, 0.25) is 0 Å². The maximum atomic E-state index is 12.3. The van der Waals surface area contributed by atoms with Gasteiger partial charge in [-0.2, -0.15) is 0 Å². The van der Waals surface area contributed by atoms with Crippen LogP contribution in [0.1, 0.15) is 21.5 Å². The lowest BCUT2D eigenvalue weighted by Crippen LogP contribution is -2.11. The van der Waals surface area contributed by atoms with E-state index in [1.807, 2.05) is 48.5 Å². The fourth-order valence-electron chi connectivity index (χ4n) is 2.29. The monoisotopic (exact) mass is 411 g/mol. The molecule has 3 rings (SSSR count). The van der Waals surface area contributed by atoms with Crippen molar-refractivity contribution < 1.29 is 4.79 Å². The van der Waals surface area contributed by atoms with Gasteiger partial charge in [-0.05, 0) is 61.0 Å². The molecule has 1 amide bonds. The molecule has 0 aromatic heterocycles. The van der Waals surface area contributed by atoms with Crippen LogP contribution in [0.4, 0.5) is 5.69 Å². The summed E-state index contributed by atoms with van der Waals surface area (Å²) >= 11 is 5.18. The lowest BCUT2D eigenvalue weighted by Gasteiger charge is -2.07. The smallest absolute Gasteiger partial charge is 0.255 e. The molecule has 25 heavy (non-hydrogen) atoms. The van der Waals surface area contributed by atoms with Crippen molar-refractivity contribution in [3.63, 3.8) is 0 Å². The van der Waals surface area contributed by atoms with Gasteiger partial charge >= 0.3 is 0 Å².